The summed E-state index contributed by atoms with van der Waals surface area (Å²) in [6, 6.07) is 11.4. The molecule has 4 nitrogen and oxygen atoms in total. The fourth-order valence-electron chi connectivity index (χ4n) is 1.91. The molecule has 0 amide bonds. The quantitative estimate of drug-likeness (QED) is 0.691. The Hall–Kier alpha value is -2.49. The molecule has 0 spiro atoms. The lowest BCUT2D eigenvalue weighted by Gasteiger charge is -1.92. The summed E-state index contributed by atoms with van der Waals surface area (Å²) in [6.07, 6.45) is 3.28. The third-order valence-electron chi connectivity index (χ3n) is 2.77. The highest BCUT2D eigenvalue weighted by Gasteiger charge is 2.07. The van der Waals surface area contributed by atoms with Gasteiger partial charge < -0.3 is 14.5 Å². The van der Waals surface area contributed by atoms with Crippen LogP contribution in [0.3, 0.4) is 0 Å². The first-order chi connectivity index (χ1) is 8.84. The largest absolute Gasteiger partial charge is 0.494 e. The molecule has 4 heteroatoms. The molecule has 2 heterocycles. The van der Waals surface area contributed by atoms with Crippen molar-refractivity contribution in [2.24, 2.45) is 4.99 Å². The molecular formula is C14H12N2O2. The van der Waals surface area contributed by atoms with Crippen LogP contribution in [0.2, 0.25) is 0 Å². The second-order valence-electron chi connectivity index (χ2n) is 3.98. The normalized spacial score (nSPS) is 11.6. The van der Waals surface area contributed by atoms with E-state index >= 15 is 0 Å². The molecule has 1 aromatic carbocycles. The SMILES string of the molecule is Oc1[nH]c2ccccc2c1C=NCc1ccco1. The number of para-hydroxylation sites is 1. The maximum atomic E-state index is 9.82. The van der Waals surface area contributed by atoms with Gasteiger partial charge in [0.15, 0.2) is 5.88 Å². The van der Waals surface area contributed by atoms with Gasteiger partial charge >= 0.3 is 0 Å². The van der Waals surface area contributed by atoms with E-state index in [2.05, 4.69) is 9.98 Å². The standard InChI is InChI=1S/C14H12N2O2/c17-14-12(9-15-8-10-4-3-7-18-10)11-5-1-2-6-13(11)16-14/h1-7,9,16-17H,8H2. The van der Waals surface area contributed by atoms with Crippen LogP contribution in [-0.4, -0.2) is 16.3 Å². The third kappa shape index (κ3) is 1.88. The molecule has 2 N–H and O–H groups in total. The highest BCUT2D eigenvalue weighted by Crippen LogP contribution is 2.25. The maximum absolute atomic E-state index is 9.82. The second-order valence-corrected chi connectivity index (χ2v) is 3.98. The molecule has 0 aliphatic rings. The van der Waals surface area contributed by atoms with Gasteiger partial charge in [-0.1, -0.05) is 18.2 Å². The molecule has 0 atom stereocenters. The minimum Gasteiger partial charge on any atom is -0.494 e. The van der Waals surface area contributed by atoms with Crippen molar-refractivity contribution in [3.8, 4) is 5.88 Å². The molecule has 0 aliphatic carbocycles. The lowest BCUT2D eigenvalue weighted by molar-refractivity contribution is 0.457. The minimum absolute atomic E-state index is 0.138. The summed E-state index contributed by atoms with van der Waals surface area (Å²) < 4.78 is 5.19. The van der Waals surface area contributed by atoms with Gasteiger partial charge in [-0.05, 0) is 18.2 Å². The van der Waals surface area contributed by atoms with E-state index in [0.717, 1.165) is 16.7 Å². The molecular weight excluding hydrogens is 228 g/mol. The number of aromatic hydroxyl groups is 1. The molecule has 2 aromatic heterocycles. The molecule has 0 radical (unpaired) electrons. The Bertz CT molecular complexity index is 681. The van der Waals surface area contributed by atoms with Crippen molar-refractivity contribution >= 4 is 17.1 Å². The van der Waals surface area contributed by atoms with Crippen molar-refractivity contribution in [2.75, 3.05) is 0 Å². The van der Waals surface area contributed by atoms with Gasteiger partial charge in [0, 0.05) is 17.1 Å². The number of aliphatic imine (C=N–C) groups is 1. The number of aromatic nitrogens is 1. The number of hydrogen-bond acceptors (Lipinski definition) is 3. The van der Waals surface area contributed by atoms with Crippen LogP contribution in [0.1, 0.15) is 11.3 Å². The third-order valence-corrected chi connectivity index (χ3v) is 2.77. The Morgan fingerprint density at radius 1 is 1.22 bits per heavy atom. The molecule has 90 valence electrons. The van der Waals surface area contributed by atoms with E-state index in [1.54, 1.807) is 12.5 Å². The molecule has 0 aliphatic heterocycles. The van der Waals surface area contributed by atoms with E-state index in [1.807, 2.05) is 36.4 Å². The molecule has 18 heavy (non-hydrogen) atoms. The zero-order valence-corrected chi connectivity index (χ0v) is 9.63. The number of rotatable bonds is 3. The summed E-state index contributed by atoms with van der Waals surface area (Å²) in [5.41, 5.74) is 1.60. The van der Waals surface area contributed by atoms with Crippen LogP contribution in [0.15, 0.2) is 52.1 Å². The maximum Gasteiger partial charge on any atom is 0.198 e. The first-order valence-corrected chi connectivity index (χ1v) is 5.66. The number of benzene rings is 1. The molecule has 0 fully saturated rings. The summed E-state index contributed by atoms with van der Waals surface area (Å²) in [5, 5.41) is 10.8. The lowest BCUT2D eigenvalue weighted by Crippen LogP contribution is -1.82. The smallest absolute Gasteiger partial charge is 0.198 e. The number of furan rings is 1. The van der Waals surface area contributed by atoms with Crippen molar-refractivity contribution in [2.45, 2.75) is 6.54 Å². The van der Waals surface area contributed by atoms with Crippen molar-refractivity contribution in [3.05, 3.63) is 54.0 Å². The predicted molar refractivity (Wildman–Crippen MR) is 70.0 cm³/mol. The highest BCUT2D eigenvalue weighted by atomic mass is 16.3. The topological polar surface area (TPSA) is 61.5 Å². The zero-order valence-electron chi connectivity index (χ0n) is 9.63. The van der Waals surface area contributed by atoms with Gasteiger partial charge in [-0.2, -0.15) is 0 Å². The Morgan fingerprint density at radius 2 is 2.11 bits per heavy atom. The molecule has 0 bridgehead atoms. The Kier molecular flexibility index (Phi) is 2.61. The lowest BCUT2D eigenvalue weighted by atomic mass is 10.2. The van der Waals surface area contributed by atoms with Gasteiger partial charge in [-0.25, -0.2) is 0 Å². The predicted octanol–water partition coefficient (Wildman–Crippen LogP) is 3.09. The van der Waals surface area contributed by atoms with Crippen molar-refractivity contribution < 1.29 is 9.52 Å². The van der Waals surface area contributed by atoms with E-state index in [0.29, 0.717) is 12.1 Å². The Morgan fingerprint density at radius 3 is 2.94 bits per heavy atom. The fraction of sp³-hybridized carbons (Fsp3) is 0.0714. The van der Waals surface area contributed by atoms with Gasteiger partial charge in [0.05, 0.1) is 18.4 Å². The Balaban J connectivity index is 1.90. The van der Waals surface area contributed by atoms with Crippen molar-refractivity contribution in [3.63, 3.8) is 0 Å². The van der Waals surface area contributed by atoms with Crippen LogP contribution < -0.4 is 0 Å². The van der Waals surface area contributed by atoms with Gasteiger partial charge in [0.2, 0.25) is 0 Å². The summed E-state index contributed by atoms with van der Waals surface area (Å²) in [5.74, 6) is 0.935. The van der Waals surface area contributed by atoms with E-state index in [4.69, 9.17) is 4.42 Å². The van der Waals surface area contributed by atoms with Crippen LogP contribution in [0.5, 0.6) is 5.88 Å². The fourth-order valence-corrected chi connectivity index (χ4v) is 1.91. The van der Waals surface area contributed by atoms with Crippen LogP contribution in [0.4, 0.5) is 0 Å². The van der Waals surface area contributed by atoms with Gasteiger partial charge in [0.25, 0.3) is 0 Å². The van der Waals surface area contributed by atoms with E-state index in [9.17, 15) is 5.11 Å². The average Bonchev–Trinajstić information content (AvgIpc) is 2.98. The number of H-pyrrole nitrogens is 1. The van der Waals surface area contributed by atoms with E-state index < -0.39 is 0 Å². The summed E-state index contributed by atoms with van der Waals surface area (Å²) >= 11 is 0. The number of nitrogens with zero attached hydrogens (tertiary/aromatic N) is 1. The Labute approximate surface area is 104 Å². The monoisotopic (exact) mass is 240 g/mol. The average molecular weight is 240 g/mol. The van der Waals surface area contributed by atoms with Gasteiger partial charge in [-0.3, -0.25) is 4.99 Å². The van der Waals surface area contributed by atoms with Gasteiger partial charge in [-0.15, -0.1) is 0 Å². The van der Waals surface area contributed by atoms with Crippen molar-refractivity contribution in [1.29, 1.82) is 0 Å². The number of aromatic amines is 1. The van der Waals surface area contributed by atoms with Gasteiger partial charge in [0.1, 0.15) is 5.76 Å². The first-order valence-electron chi connectivity index (χ1n) is 5.66. The summed E-state index contributed by atoms with van der Waals surface area (Å²) in [4.78, 5) is 7.18. The number of fused-ring (bicyclic) bond motifs is 1. The van der Waals surface area contributed by atoms with E-state index in [1.165, 1.54) is 0 Å². The van der Waals surface area contributed by atoms with Crippen molar-refractivity contribution in [1.82, 2.24) is 4.98 Å². The highest BCUT2D eigenvalue weighted by molar-refractivity contribution is 6.01. The van der Waals surface area contributed by atoms with Crippen LogP contribution in [0, 0.1) is 0 Å². The van der Waals surface area contributed by atoms with Crippen LogP contribution >= 0.6 is 0 Å². The molecule has 0 unspecified atom stereocenters. The van der Waals surface area contributed by atoms with Crippen LogP contribution in [-0.2, 0) is 6.54 Å². The van der Waals surface area contributed by atoms with E-state index in [-0.39, 0.29) is 5.88 Å². The van der Waals surface area contributed by atoms with Crippen LogP contribution in [0.25, 0.3) is 10.9 Å². The molecule has 0 saturated carbocycles. The minimum atomic E-state index is 0.138. The first kappa shape index (κ1) is 10.7. The molecule has 0 saturated heterocycles. The number of nitrogens with one attached hydrogen (secondary N) is 1. The summed E-state index contributed by atoms with van der Waals surface area (Å²) in [6.45, 7) is 0.464. The molecule has 3 rings (SSSR count). The molecule has 3 aromatic rings. The second kappa shape index (κ2) is 4.41. The summed E-state index contributed by atoms with van der Waals surface area (Å²) in [7, 11) is 0. The number of hydrogen-bond donors (Lipinski definition) is 2. The zero-order chi connectivity index (χ0) is 12.4.